The van der Waals surface area contributed by atoms with Gasteiger partial charge in [-0.1, -0.05) is 50.6 Å². The van der Waals surface area contributed by atoms with Crippen LogP contribution >= 0.6 is 0 Å². The van der Waals surface area contributed by atoms with Gasteiger partial charge in [-0.15, -0.1) is 0 Å². The first-order chi connectivity index (χ1) is 14.6. The lowest BCUT2D eigenvalue weighted by Crippen LogP contribution is -2.43. The monoisotopic (exact) mass is 430 g/mol. The van der Waals surface area contributed by atoms with E-state index in [1.54, 1.807) is 12.1 Å². The van der Waals surface area contributed by atoms with E-state index in [-0.39, 0.29) is 5.69 Å². The number of amides is 1. The molecule has 0 spiro atoms. The van der Waals surface area contributed by atoms with Gasteiger partial charge in [0.15, 0.2) is 0 Å². The van der Waals surface area contributed by atoms with E-state index in [2.05, 4.69) is 30.9 Å². The van der Waals surface area contributed by atoms with Crippen molar-refractivity contribution in [3.05, 3.63) is 53.6 Å². The summed E-state index contributed by atoms with van der Waals surface area (Å²) in [5, 5.41) is 1.93. The molecule has 0 radical (unpaired) electrons. The fraction of sp³-hybridized carbons (Fsp3) is 0.480. The summed E-state index contributed by atoms with van der Waals surface area (Å²) in [6.07, 6.45) is 1.19. The lowest BCUT2D eigenvalue weighted by atomic mass is 9.74. The molecule has 1 fully saturated rings. The number of benzene rings is 2. The third-order valence-corrected chi connectivity index (χ3v) is 6.65. The fourth-order valence-electron chi connectivity index (χ4n) is 5.01. The van der Waals surface area contributed by atoms with Crippen LogP contribution in [0.25, 0.3) is 11.1 Å². The molecule has 3 nitrogen and oxygen atoms in total. The summed E-state index contributed by atoms with van der Waals surface area (Å²) in [6, 6.07) is 13.5. The number of anilines is 1. The minimum absolute atomic E-state index is 0.142. The van der Waals surface area contributed by atoms with Crippen LogP contribution < -0.4 is 5.32 Å². The molecule has 0 saturated heterocycles. The standard InChI is InChI=1S/C25H29F3N2O/c1-24(2)11-4-7-22(15-24)30-12-10-19-13-18(8-9-20(19)16-30)17-5-3-6-21(14-17)29-23(31)25(26,27)28/h3,5-6,8-9,13-14,22H,4,7,10-12,15-16H2,1-2H3,(H,29,31). The molecular formula is C25H29F3N2O. The van der Waals surface area contributed by atoms with Gasteiger partial charge in [-0.25, -0.2) is 0 Å². The molecule has 1 amide bonds. The van der Waals surface area contributed by atoms with E-state index in [0.29, 0.717) is 11.5 Å². The van der Waals surface area contributed by atoms with Crippen molar-refractivity contribution in [3.63, 3.8) is 0 Å². The zero-order chi connectivity index (χ0) is 22.2. The molecule has 2 aromatic rings. The molecule has 1 aliphatic heterocycles. The molecule has 4 rings (SSSR count). The van der Waals surface area contributed by atoms with Crippen molar-refractivity contribution in [3.8, 4) is 11.1 Å². The molecule has 6 heteroatoms. The van der Waals surface area contributed by atoms with Crippen LogP contribution in [0.1, 0.15) is 50.7 Å². The van der Waals surface area contributed by atoms with Gasteiger partial charge >= 0.3 is 12.1 Å². The number of alkyl halides is 3. The van der Waals surface area contributed by atoms with Crippen LogP contribution in [0, 0.1) is 5.41 Å². The van der Waals surface area contributed by atoms with Crippen molar-refractivity contribution in [2.75, 3.05) is 11.9 Å². The number of rotatable bonds is 3. The van der Waals surface area contributed by atoms with E-state index < -0.39 is 12.1 Å². The van der Waals surface area contributed by atoms with Gasteiger partial charge < -0.3 is 5.32 Å². The third-order valence-electron chi connectivity index (χ3n) is 6.65. The topological polar surface area (TPSA) is 32.3 Å². The maximum absolute atomic E-state index is 12.5. The van der Waals surface area contributed by atoms with Crippen molar-refractivity contribution in [2.45, 2.75) is 64.7 Å². The highest BCUT2D eigenvalue weighted by molar-refractivity contribution is 5.95. The molecule has 1 heterocycles. The summed E-state index contributed by atoms with van der Waals surface area (Å²) in [7, 11) is 0. The zero-order valence-corrected chi connectivity index (χ0v) is 18.1. The van der Waals surface area contributed by atoms with Gasteiger partial charge in [0, 0.05) is 24.8 Å². The van der Waals surface area contributed by atoms with Crippen LogP contribution in [-0.4, -0.2) is 29.6 Å². The van der Waals surface area contributed by atoms with Crippen LogP contribution in [0.15, 0.2) is 42.5 Å². The summed E-state index contributed by atoms with van der Waals surface area (Å²) in [5.74, 6) is -1.96. The van der Waals surface area contributed by atoms with Gasteiger partial charge in [-0.2, -0.15) is 13.2 Å². The Morgan fingerprint density at radius 2 is 1.87 bits per heavy atom. The molecule has 166 valence electrons. The number of fused-ring (bicyclic) bond motifs is 1. The van der Waals surface area contributed by atoms with Crippen molar-refractivity contribution >= 4 is 11.6 Å². The molecule has 1 aliphatic carbocycles. The zero-order valence-electron chi connectivity index (χ0n) is 18.1. The van der Waals surface area contributed by atoms with E-state index in [0.717, 1.165) is 30.6 Å². The lowest BCUT2D eigenvalue weighted by Gasteiger charge is -2.43. The van der Waals surface area contributed by atoms with Gasteiger partial charge in [-0.3, -0.25) is 9.69 Å². The second kappa shape index (κ2) is 8.30. The van der Waals surface area contributed by atoms with Crippen LogP contribution in [0.2, 0.25) is 0 Å². The Balaban J connectivity index is 1.49. The fourth-order valence-corrected chi connectivity index (χ4v) is 5.01. The summed E-state index contributed by atoms with van der Waals surface area (Å²) in [6.45, 7) is 6.74. The maximum Gasteiger partial charge on any atom is 0.471 e. The molecule has 1 unspecified atom stereocenters. The number of nitrogens with one attached hydrogen (secondary N) is 1. The number of halogens is 3. The Morgan fingerprint density at radius 3 is 2.61 bits per heavy atom. The second-order valence-electron chi connectivity index (χ2n) is 9.65. The van der Waals surface area contributed by atoms with Crippen LogP contribution in [0.3, 0.4) is 0 Å². The number of carbonyl (C=O) groups excluding carboxylic acids is 1. The minimum Gasteiger partial charge on any atom is -0.318 e. The summed E-state index contributed by atoms with van der Waals surface area (Å²) < 4.78 is 37.6. The average Bonchev–Trinajstić information content (AvgIpc) is 2.72. The maximum atomic E-state index is 12.5. The van der Waals surface area contributed by atoms with Crippen LogP contribution in [0.4, 0.5) is 18.9 Å². The second-order valence-corrected chi connectivity index (χ2v) is 9.65. The number of carbonyl (C=O) groups is 1. The van der Waals surface area contributed by atoms with Crippen LogP contribution in [-0.2, 0) is 17.8 Å². The molecule has 1 saturated carbocycles. The largest absolute Gasteiger partial charge is 0.471 e. The van der Waals surface area contributed by atoms with Crippen molar-refractivity contribution in [1.29, 1.82) is 0 Å². The Hall–Kier alpha value is -2.34. The molecule has 0 bridgehead atoms. The van der Waals surface area contributed by atoms with Crippen LogP contribution in [0.5, 0.6) is 0 Å². The van der Waals surface area contributed by atoms with Gasteiger partial charge in [0.05, 0.1) is 0 Å². The van der Waals surface area contributed by atoms with Gasteiger partial charge in [0.2, 0.25) is 0 Å². The summed E-state index contributed by atoms with van der Waals surface area (Å²) in [4.78, 5) is 13.9. The number of hydrogen-bond donors (Lipinski definition) is 1. The Labute approximate surface area is 181 Å². The SMILES string of the molecule is CC1(C)CCCC(N2CCc3cc(-c4cccc(NC(=O)C(F)(F)F)c4)ccc3C2)C1. The first kappa shape index (κ1) is 21.9. The first-order valence-electron chi connectivity index (χ1n) is 11.0. The van der Waals surface area contributed by atoms with E-state index in [9.17, 15) is 18.0 Å². The quantitative estimate of drug-likeness (QED) is 0.631. The normalized spacial score (nSPS) is 21.4. The summed E-state index contributed by atoms with van der Waals surface area (Å²) >= 11 is 0. The number of nitrogens with zero attached hydrogens (tertiary/aromatic N) is 1. The van der Waals surface area contributed by atoms with Gasteiger partial charge in [-0.05, 0) is 65.5 Å². The molecule has 1 N–H and O–H groups in total. The summed E-state index contributed by atoms with van der Waals surface area (Å²) in [5.41, 5.74) is 4.94. The highest BCUT2D eigenvalue weighted by Crippen LogP contribution is 2.39. The molecule has 2 aliphatic rings. The molecule has 31 heavy (non-hydrogen) atoms. The van der Waals surface area contributed by atoms with E-state index >= 15 is 0 Å². The highest BCUT2D eigenvalue weighted by Gasteiger charge is 2.38. The van der Waals surface area contributed by atoms with Gasteiger partial charge in [0.1, 0.15) is 0 Å². The Bertz CT molecular complexity index is 967. The molecular weight excluding hydrogens is 401 g/mol. The van der Waals surface area contributed by atoms with E-state index in [1.165, 1.54) is 42.9 Å². The van der Waals surface area contributed by atoms with Gasteiger partial charge in [0.25, 0.3) is 0 Å². The van der Waals surface area contributed by atoms with Crippen molar-refractivity contribution in [1.82, 2.24) is 4.90 Å². The van der Waals surface area contributed by atoms with E-state index in [1.807, 2.05) is 17.4 Å². The predicted molar refractivity (Wildman–Crippen MR) is 117 cm³/mol. The highest BCUT2D eigenvalue weighted by atomic mass is 19.4. The lowest BCUT2D eigenvalue weighted by molar-refractivity contribution is -0.167. The molecule has 0 aromatic heterocycles. The molecule has 2 aromatic carbocycles. The van der Waals surface area contributed by atoms with Crippen molar-refractivity contribution in [2.24, 2.45) is 5.41 Å². The first-order valence-corrected chi connectivity index (χ1v) is 11.0. The smallest absolute Gasteiger partial charge is 0.318 e. The third kappa shape index (κ3) is 5.12. The van der Waals surface area contributed by atoms with Crippen molar-refractivity contribution < 1.29 is 18.0 Å². The Kier molecular flexibility index (Phi) is 5.86. The number of hydrogen-bond acceptors (Lipinski definition) is 2. The average molecular weight is 431 g/mol. The predicted octanol–water partition coefficient (Wildman–Crippen LogP) is 6.18. The Morgan fingerprint density at radius 1 is 1.10 bits per heavy atom. The van der Waals surface area contributed by atoms with E-state index in [4.69, 9.17) is 0 Å². The molecule has 1 atom stereocenters. The minimum atomic E-state index is -4.90.